The van der Waals surface area contributed by atoms with Crippen LogP contribution in [0.5, 0.6) is 0 Å². The van der Waals surface area contributed by atoms with E-state index in [4.69, 9.17) is 17.3 Å². The quantitative estimate of drug-likeness (QED) is 0.911. The lowest BCUT2D eigenvalue weighted by Crippen LogP contribution is -2.01. The van der Waals surface area contributed by atoms with Gasteiger partial charge < -0.3 is 5.73 Å². The molecule has 1 heterocycles. The van der Waals surface area contributed by atoms with Crippen molar-refractivity contribution in [1.29, 1.82) is 0 Å². The second-order valence-corrected chi connectivity index (χ2v) is 4.52. The fraction of sp³-hybridized carbons (Fsp3) is 0.308. The lowest BCUT2D eigenvalue weighted by atomic mass is 10.1. The first kappa shape index (κ1) is 12.3. The van der Waals surface area contributed by atoms with Gasteiger partial charge >= 0.3 is 0 Å². The zero-order valence-corrected chi connectivity index (χ0v) is 10.4. The normalized spacial score (nSPS) is 11.1. The Morgan fingerprint density at radius 3 is 2.82 bits per heavy atom. The standard InChI is InChI=1S/C13H14ClFN2/c1-8-5-11(14)10-6-9(3-2-4-16)7-12(15)13(10)17-8/h5-7H,2-4,16H2,1H3. The van der Waals surface area contributed by atoms with Crippen molar-refractivity contribution in [3.8, 4) is 0 Å². The lowest BCUT2D eigenvalue weighted by Gasteiger charge is -2.07. The molecular formula is C13H14ClFN2. The molecule has 0 bridgehead atoms. The van der Waals surface area contributed by atoms with E-state index in [-0.39, 0.29) is 5.82 Å². The molecule has 0 radical (unpaired) electrons. The van der Waals surface area contributed by atoms with E-state index < -0.39 is 0 Å². The van der Waals surface area contributed by atoms with Crippen molar-refractivity contribution in [2.45, 2.75) is 19.8 Å². The van der Waals surface area contributed by atoms with Crippen LogP contribution in [-0.2, 0) is 6.42 Å². The van der Waals surface area contributed by atoms with Crippen molar-refractivity contribution < 1.29 is 4.39 Å². The van der Waals surface area contributed by atoms with Crippen LogP contribution in [0, 0.1) is 12.7 Å². The maximum Gasteiger partial charge on any atom is 0.149 e. The number of benzene rings is 1. The fourth-order valence-corrected chi connectivity index (χ4v) is 2.17. The molecule has 1 aromatic carbocycles. The molecule has 90 valence electrons. The summed E-state index contributed by atoms with van der Waals surface area (Å²) in [5.74, 6) is -0.319. The highest BCUT2D eigenvalue weighted by molar-refractivity contribution is 6.35. The van der Waals surface area contributed by atoms with Crippen molar-refractivity contribution in [2.75, 3.05) is 6.54 Å². The Balaban J connectivity index is 2.56. The van der Waals surface area contributed by atoms with E-state index in [1.165, 1.54) is 6.07 Å². The summed E-state index contributed by atoms with van der Waals surface area (Å²) in [7, 11) is 0. The van der Waals surface area contributed by atoms with Crippen molar-refractivity contribution in [1.82, 2.24) is 4.98 Å². The summed E-state index contributed by atoms with van der Waals surface area (Å²) in [6, 6.07) is 5.15. The third-order valence-corrected chi connectivity index (χ3v) is 2.99. The third-order valence-electron chi connectivity index (χ3n) is 2.67. The van der Waals surface area contributed by atoms with Gasteiger partial charge in [0.1, 0.15) is 11.3 Å². The molecule has 0 spiro atoms. The maximum absolute atomic E-state index is 13.9. The Bertz CT molecular complexity index is 555. The summed E-state index contributed by atoms with van der Waals surface area (Å²) in [5, 5.41) is 1.21. The SMILES string of the molecule is Cc1cc(Cl)c2cc(CCCN)cc(F)c2n1. The molecule has 0 unspecified atom stereocenters. The lowest BCUT2D eigenvalue weighted by molar-refractivity contribution is 0.633. The van der Waals surface area contributed by atoms with Crippen LogP contribution < -0.4 is 5.73 Å². The van der Waals surface area contributed by atoms with Crippen LogP contribution in [0.1, 0.15) is 17.7 Å². The van der Waals surface area contributed by atoms with Crippen LogP contribution in [0.3, 0.4) is 0 Å². The first-order chi connectivity index (χ1) is 8.11. The first-order valence-corrected chi connectivity index (χ1v) is 5.95. The molecule has 0 aliphatic heterocycles. The monoisotopic (exact) mass is 252 g/mol. The van der Waals surface area contributed by atoms with Gasteiger partial charge in [0.15, 0.2) is 0 Å². The second-order valence-electron chi connectivity index (χ2n) is 4.11. The molecule has 1 aromatic heterocycles. The van der Waals surface area contributed by atoms with E-state index in [1.807, 2.05) is 6.07 Å². The van der Waals surface area contributed by atoms with Crippen LogP contribution in [0.4, 0.5) is 4.39 Å². The summed E-state index contributed by atoms with van der Waals surface area (Å²) >= 11 is 6.11. The number of hydrogen-bond donors (Lipinski definition) is 1. The average molecular weight is 253 g/mol. The van der Waals surface area contributed by atoms with Gasteiger partial charge in [-0.05, 0) is 50.1 Å². The second kappa shape index (κ2) is 4.98. The highest BCUT2D eigenvalue weighted by Gasteiger charge is 2.09. The number of pyridine rings is 1. The van der Waals surface area contributed by atoms with Crippen molar-refractivity contribution in [3.05, 3.63) is 40.3 Å². The number of aryl methyl sites for hydroxylation is 2. The van der Waals surface area contributed by atoms with Crippen molar-refractivity contribution in [2.24, 2.45) is 5.73 Å². The molecule has 2 nitrogen and oxygen atoms in total. The van der Waals surface area contributed by atoms with Gasteiger partial charge in [-0.1, -0.05) is 11.6 Å². The minimum absolute atomic E-state index is 0.319. The topological polar surface area (TPSA) is 38.9 Å². The van der Waals surface area contributed by atoms with Gasteiger partial charge in [-0.15, -0.1) is 0 Å². The van der Waals surface area contributed by atoms with Gasteiger partial charge in [0.05, 0.1) is 5.02 Å². The summed E-state index contributed by atoms with van der Waals surface area (Å²) in [5.41, 5.74) is 7.41. The molecule has 0 aliphatic carbocycles. The molecule has 17 heavy (non-hydrogen) atoms. The van der Waals surface area contributed by atoms with E-state index in [9.17, 15) is 4.39 Å². The molecule has 0 saturated carbocycles. The minimum atomic E-state index is -0.319. The van der Waals surface area contributed by atoms with Crippen LogP contribution in [0.25, 0.3) is 10.9 Å². The van der Waals surface area contributed by atoms with Gasteiger partial charge in [0, 0.05) is 11.1 Å². The first-order valence-electron chi connectivity index (χ1n) is 5.57. The maximum atomic E-state index is 13.9. The Kier molecular flexibility index (Phi) is 3.60. The summed E-state index contributed by atoms with van der Waals surface area (Å²) < 4.78 is 13.9. The van der Waals surface area contributed by atoms with Crippen molar-refractivity contribution in [3.63, 3.8) is 0 Å². The van der Waals surface area contributed by atoms with Gasteiger partial charge in [-0.25, -0.2) is 9.37 Å². The number of rotatable bonds is 3. The Labute approximate surface area is 105 Å². The molecule has 2 aromatic rings. The minimum Gasteiger partial charge on any atom is -0.330 e. The molecule has 4 heteroatoms. The predicted octanol–water partition coefficient (Wildman–Crippen LogP) is 3.23. The fourth-order valence-electron chi connectivity index (χ4n) is 1.87. The molecule has 0 fully saturated rings. The summed E-state index contributed by atoms with van der Waals surface area (Å²) in [6.07, 6.45) is 1.59. The molecule has 0 atom stereocenters. The summed E-state index contributed by atoms with van der Waals surface area (Å²) in [4.78, 5) is 4.17. The third kappa shape index (κ3) is 2.56. The Hall–Kier alpha value is -1.19. The highest BCUT2D eigenvalue weighted by atomic mass is 35.5. The Morgan fingerprint density at radius 1 is 1.35 bits per heavy atom. The number of fused-ring (bicyclic) bond motifs is 1. The number of nitrogens with zero attached hydrogens (tertiary/aromatic N) is 1. The van der Waals surface area contributed by atoms with Gasteiger partial charge in [-0.2, -0.15) is 0 Å². The van der Waals surface area contributed by atoms with E-state index in [0.717, 1.165) is 24.1 Å². The smallest absolute Gasteiger partial charge is 0.149 e. The van der Waals surface area contributed by atoms with Crippen LogP contribution >= 0.6 is 11.6 Å². The number of aromatic nitrogens is 1. The number of hydrogen-bond acceptors (Lipinski definition) is 2. The number of nitrogens with two attached hydrogens (primary N) is 1. The Morgan fingerprint density at radius 2 is 2.12 bits per heavy atom. The number of halogens is 2. The largest absolute Gasteiger partial charge is 0.330 e. The van der Waals surface area contributed by atoms with E-state index in [1.54, 1.807) is 13.0 Å². The van der Waals surface area contributed by atoms with E-state index >= 15 is 0 Å². The zero-order valence-electron chi connectivity index (χ0n) is 9.63. The van der Waals surface area contributed by atoms with Crippen molar-refractivity contribution >= 4 is 22.5 Å². The molecule has 2 N–H and O–H groups in total. The van der Waals surface area contributed by atoms with E-state index in [0.29, 0.717) is 22.5 Å². The van der Waals surface area contributed by atoms with Crippen LogP contribution in [0.2, 0.25) is 5.02 Å². The van der Waals surface area contributed by atoms with E-state index in [2.05, 4.69) is 4.98 Å². The zero-order chi connectivity index (χ0) is 12.4. The van der Waals surface area contributed by atoms with Gasteiger partial charge in [0.25, 0.3) is 0 Å². The highest BCUT2D eigenvalue weighted by Crippen LogP contribution is 2.26. The summed E-state index contributed by atoms with van der Waals surface area (Å²) in [6.45, 7) is 2.40. The molecule has 0 aliphatic rings. The molecule has 0 amide bonds. The van der Waals surface area contributed by atoms with Gasteiger partial charge in [-0.3, -0.25) is 0 Å². The molecule has 0 saturated heterocycles. The van der Waals surface area contributed by atoms with Crippen LogP contribution in [-0.4, -0.2) is 11.5 Å². The average Bonchev–Trinajstić information content (AvgIpc) is 2.28. The van der Waals surface area contributed by atoms with Gasteiger partial charge in [0.2, 0.25) is 0 Å². The predicted molar refractivity (Wildman–Crippen MR) is 68.8 cm³/mol. The molecule has 2 rings (SSSR count). The molecular weight excluding hydrogens is 239 g/mol. The van der Waals surface area contributed by atoms with Crippen LogP contribution in [0.15, 0.2) is 18.2 Å².